The molecule has 5 nitrogen and oxygen atoms in total. The van der Waals surface area contributed by atoms with Gasteiger partial charge in [-0.2, -0.15) is 5.26 Å². The number of rotatable bonds is 6. The lowest BCUT2D eigenvalue weighted by Crippen LogP contribution is -2.20. The third-order valence-corrected chi connectivity index (χ3v) is 2.80. The summed E-state index contributed by atoms with van der Waals surface area (Å²) in [4.78, 5) is 11.8. The number of carbonyl (C=O) groups is 1. The fourth-order valence-corrected chi connectivity index (χ4v) is 1.77. The topological polar surface area (TPSA) is 71.3 Å². The van der Waals surface area contributed by atoms with Crippen LogP contribution in [0.5, 0.6) is 11.5 Å². The SMILES string of the molecule is CCOc1ccc(NC(=O)COc2ccc(C#N)cc2)cc1. The van der Waals surface area contributed by atoms with Gasteiger partial charge < -0.3 is 14.8 Å². The highest BCUT2D eigenvalue weighted by molar-refractivity contribution is 5.91. The number of anilines is 1. The van der Waals surface area contributed by atoms with Crippen LogP contribution in [0.15, 0.2) is 48.5 Å². The van der Waals surface area contributed by atoms with E-state index in [2.05, 4.69) is 5.32 Å². The molecule has 1 amide bonds. The molecular weight excluding hydrogens is 280 g/mol. The minimum absolute atomic E-state index is 0.0981. The molecule has 0 saturated carbocycles. The van der Waals surface area contributed by atoms with Gasteiger partial charge in [-0.25, -0.2) is 0 Å². The molecule has 0 aliphatic heterocycles. The molecule has 0 aliphatic rings. The van der Waals surface area contributed by atoms with Gasteiger partial charge in [0.25, 0.3) is 5.91 Å². The summed E-state index contributed by atoms with van der Waals surface area (Å²) in [6, 6.07) is 15.7. The van der Waals surface area contributed by atoms with E-state index in [1.54, 1.807) is 48.5 Å². The summed E-state index contributed by atoms with van der Waals surface area (Å²) in [6.45, 7) is 2.42. The number of hydrogen-bond acceptors (Lipinski definition) is 4. The van der Waals surface area contributed by atoms with E-state index in [9.17, 15) is 4.79 Å². The van der Waals surface area contributed by atoms with Crippen molar-refractivity contribution in [2.45, 2.75) is 6.92 Å². The van der Waals surface area contributed by atoms with Crippen LogP contribution >= 0.6 is 0 Å². The molecule has 22 heavy (non-hydrogen) atoms. The number of nitrogens with one attached hydrogen (secondary N) is 1. The number of amides is 1. The van der Waals surface area contributed by atoms with Crippen LogP contribution in [-0.4, -0.2) is 19.1 Å². The summed E-state index contributed by atoms with van der Waals surface area (Å²) in [5, 5.41) is 11.4. The van der Waals surface area contributed by atoms with Crippen LogP contribution in [0.25, 0.3) is 0 Å². The predicted octanol–water partition coefficient (Wildman–Crippen LogP) is 2.97. The van der Waals surface area contributed by atoms with Crippen LogP contribution in [-0.2, 0) is 4.79 Å². The first kappa shape index (κ1) is 15.4. The third-order valence-electron chi connectivity index (χ3n) is 2.80. The first-order chi connectivity index (χ1) is 10.7. The van der Waals surface area contributed by atoms with Crippen molar-refractivity contribution >= 4 is 11.6 Å². The lowest BCUT2D eigenvalue weighted by atomic mass is 10.2. The lowest BCUT2D eigenvalue weighted by molar-refractivity contribution is -0.118. The Bertz CT molecular complexity index is 658. The van der Waals surface area contributed by atoms with Crippen molar-refractivity contribution in [3.63, 3.8) is 0 Å². The van der Waals surface area contributed by atoms with Crippen molar-refractivity contribution in [1.29, 1.82) is 5.26 Å². The van der Waals surface area contributed by atoms with Gasteiger partial charge in [-0.1, -0.05) is 0 Å². The molecule has 0 bridgehead atoms. The minimum Gasteiger partial charge on any atom is -0.494 e. The molecule has 0 atom stereocenters. The summed E-state index contributed by atoms with van der Waals surface area (Å²) in [7, 11) is 0. The first-order valence-corrected chi connectivity index (χ1v) is 6.87. The normalized spacial score (nSPS) is 9.64. The summed E-state index contributed by atoms with van der Waals surface area (Å²) < 4.78 is 10.7. The zero-order valence-corrected chi connectivity index (χ0v) is 12.2. The van der Waals surface area contributed by atoms with Crippen LogP contribution in [0.1, 0.15) is 12.5 Å². The average Bonchev–Trinajstić information content (AvgIpc) is 2.55. The Hall–Kier alpha value is -3.00. The Labute approximate surface area is 129 Å². The molecule has 2 rings (SSSR count). The summed E-state index contributed by atoms with van der Waals surface area (Å²) in [5.41, 5.74) is 1.23. The fourth-order valence-electron chi connectivity index (χ4n) is 1.77. The highest BCUT2D eigenvalue weighted by atomic mass is 16.5. The van der Waals surface area contributed by atoms with Crippen molar-refractivity contribution in [3.8, 4) is 17.6 Å². The molecule has 0 aliphatic carbocycles. The summed E-state index contributed by atoms with van der Waals surface area (Å²) in [6.07, 6.45) is 0. The fraction of sp³-hybridized carbons (Fsp3) is 0.176. The second kappa shape index (κ2) is 7.70. The van der Waals surface area contributed by atoms with Crippen LogP contribution in [0.3, 0.4) is 0 Å². The van der Waals surface area contributed by atoms with Crippen LogP contribution < -0.4 is 14.8 Å². The van der Waals surface area contributed by atoms with E-state index in [0.717, 1.165) is 5.75 Å². The van der Waals surface area contributed by atoms with Crippen molar-refractivity contribution in [3.05, 3.63) is 54.1 Å². The Kier molecular flexibility index (Phi) is 5.38. The quantitative estimate of drug-likeness (QED) is 0.889. The van der Waals surface area contributed by atoms with Crippen molar-refractivity contribution in [2.24, 2.45) is 0 Å². The summed E-state index contributed by atoms with van der Waals surface area (Å²) >= 11 is 0. The van der Waals surface area contributed by atoms with Gasteiger partial charge in [-0.15, -0.1) is 0 Å². The molecule has 0 heterocycles. The molecule has 5 heteroatoms. The maximum absolute atomic E-state index is 11.8. The molecule has 0 aromatic heterocycles. The Morgan fingerprint density at radius 3 is 2.23 bits per heavy atom. The molecule has 0 fully saturated rings. The smallest absolute Gasteiger partial charge is 0.262 e. The monoisotopic (exact) mass is 296 g/mol. The van der Waals surface area contributed by atoms with Gasteiger partial charge >= 0.3 is 0 Å². The molecule has 0 radical (unpaired) electrons. The Morgan fingerprint density at radius 2 is 1.64 bits per heavy atom. The van der Waals surface area contributed by atoms with Gasteiger partial charge in [0, 0.05) is 5.69 Å². The minimum atomic E-state index is -0.256. The van der Waals surface area contributed by atoms with Gasteiger partial charge in [0.2, 0.25) is 0 Å². The largest absolute Gasteiger partial charge is 0.494 e. The maximum Gasteiger partial charge on any atom is 0.262 e. The number of ether oxygens (including phenoxy) is 2. The molecule has 0 saturated heterocycles. The number of benzene rings is 2. The Balaban J connectivity index is 1.83. The Morgan fingerprint density at radius 1 is 1.05 bits per heavy atom. The zero-order chi connectivity index (χ0) is 15.8. The van der Waals surface area contributed by atoms with Gasteiger partial charge in [-0.05, 0) is 55.5 Å². The zero-order valence-electron chi connectivity index (χ0n) is 12.2. The second-order valence-electron chi connectivity index (χ2n) is 4.43. The number of hydrogen-bond donors (Lipinski definition) is 1. The number of nitrogens with zero attached hydrogens (tertiary/aromatic N) is 1. The highest BCUT2D eigenvalue weighted by Crippen LogP contribution is 2.16. The van der Waals surface area contributed by atoms with Gasteiger partial charge in [0.15, 0.2) is 6.61 Å². The number of nitriles is 1. The van der Waals surface area contributed by atoms with Gasteiger partial charge in [-0.3, -0.25) is 4.79 Å². The van der Waals surface area contributed by atoms with E-state index < -0.39 is 0 Å². The summed E-state index contributed by atoms with van der Waals surface area (Å²) in [5.74, 6) is 1.05. The molecule has 1 N–H and O–H groups in total. The second-order valence-corrected chi connectivity index (χ2v) is 4.43. The first-order valence-electron chi connectivity index (χ1n) is 6.87. The van der Waals surface area contributed by atoms with Crippen molar-refractivity contribution < 1.29 is 14.3 Å². The van der Waals surface area contributed by atoms with E-state index in [-0.39, 0.29) is 12.5 Å². The predicted molar refractivity (Wildman–Crippen MR) is 82.9 cm³/mol. The standard InChI is InChI=1S/C17H16N2O3/c1-2-21-15-9-5-14(6-10-15)19-17(20)12-22-16-7-3-13(11-18)4-8-16/h3-10H,2,12H2,1H3,(H,19,20). The number of carbonyl (C=O) groups excluding carboxylic acids is 1. The van der Waals surface area contributed by atoms with Gasteiger partial charge in [0.05, 0.1) is 18.2 Å². The van der Waals surface area contributed by atoms with E-state index >= 15 is 0 Å². The maximum atomic E-state index is 11.8. The van der Waals surface area contributed by atoms with Crippen molar-refractivity contribution in [2.75, 3.05) is 18.5 Å². The molecule has 2 aromatic carbocycles. The molecule has 2 aromatic rings. The van der Waals surface area contributed by atoms with Gasteiger partial charge in [0.1, 0.15) is 11.5 Å². The average molecular weight is 296 g/mol. The van der Waals surface area contributed by atoms with E-state index in [1.165, 1.54) is 0 Å². The molecule has 0 unspecified atom stereocenters. The van der Waals surface area contributed by atoms with E-state index in [1.807, 2.05) is 13.0 Å². The van der Waals surface area contributed by atoms with Crippen molar-refractivity contribution in [1.82, 2.24) is 0 Å². The highest BCUT2D eigenvalue weighted by Gasteiger charge is 2.04. The third kappa shape index (κ3) is 4.53. The molecular formula is C17H16N2O3. The van der Waals surface area contributed by atoms with Crippen LogP contribution in [0, 0.1) is 11.3 Å². The van der Waals surface area contributed by atoms with E-state index in [4.69, 9.17) is 14.7 Å². The lowest BCUT2D eigenvalue weighted by Gasteiger charge is -2.08. The van der Waals surface area contributed by atoms with Crippen LogP contribution in [0.2, 0.25) is 0 Å². The molecule has 0 spiro atoms. The van der Waals surface area contributed by atoms with E-state index in [0.29, 0.717) is 23.6 Å². The van der Waals surface area contributed by atoms with Crippen LogP contribution in [0.4, 0.5) is 5.69 Å². The molecule has 112 valence electrons.